The Labute approximate surface area is 171 Å². The lowest BCUT2D eigenvalue weighted by molar-refractivity contribution is 0.152. The normalized spacial score (nSPS) is 12.0. The fourth-order valence-electron chi connectivity index (χ4n) is 3.50. The van der Waals surface area contributed by atoms with Crippen molar-refractivity contribution in [2.45, 2.75) is 12.6 Å². The lowest BCUT2D eigenvalue weighted by atomic mass is 10.2. The molecule has 4 rings (SSSR count). The van der Waals surface area contributed by atoms with Crippen LogP contribution in [0.15, 0.2) is 78.9 Å². The Balaban J connectivity index is 0.00000225. The molecular formula is C23H25ClN2O2. The zero-order valence-electron chi connectivity index (χ0n) is 15.6. The van der Waals surface area contributed by atoms with E-state index in [1.54, 1.807) is 0 Å². The van der Waals surface area contributed by atoms with E-state index in [-0.39, 0.29) is 12.4 Å². The minimum atomic E-state index is -0.471. The van der Waals surface area contributed by atoms with Gasteiger partial charge in [0.2, 0.25) is 0 Å². The summed E-state index contributed by atoms with van der Waals surface area (Å²) >= 11 is 0. The quantitative estimate of drug-likeness (QED) is 0.438. The van der Waals surface area contributed by atoms with Crippen LogP contribution in [-0.2, 0) is 6.54 Å². The Hall–Kier alpha value is -2.53. The summed E-state index contributed by atoms with van der Waals surface area (Å²) in [5, 5.41) is 16.3. The monoisotopic (exact) mass is 396 g/mol. The molecule has 0 radical (unpaired) electrons. The van der Waals surface area contributed by atoms with Gasteiger partial charge in [-0.15, -0.1) is 12.4 Å². The molecule has 146 valence electrons. The first-order chi connectivity index (χ1) is 13.3. The number of rotatable bonds is 8. The molecule has 5 heteroatoms. The summed E-state index contributed by atoms with van der Waals surface area (Å²) in [6.45, 7) is 2.35. The van der Waals surface area contributed by atoms with E-state index in [1.807, 2.05) is 42.5 Å². The summed E-state index contributed by atoms with van der Waals surface area (Å²) in [5.74, 6) is 0.866. The van der Waals surface area contributed by atoms with Gasteiger partial charge in [0.1, 0.15) is 12.4 Å². The van der Waals surface area contributed by atoms with Gasteiger partial charge >= 0.3 is 0 Å². The van der Waals surface area contributed by atoms with Crippen LogP contribution in [0.2, 0.25) is 0 Å². The van der Waals surface area contributed by atoms with Crippen molar-refractivity contribution in [3.05, 3.63) is 78.9 Å². The molecule has 0 saturated heterocycles. The summed E-state index contributed by atoms with van der Waals surface area (Å²) in [5.41, 5.74) is 2.32. The molecule has 1 heterocycles. The molecule has 1 aromatic heterocycles. The minimum absolute atomic E-state index is 0. The number of fused-ring (bicyclic) bond motifs is 3. The average Bonchev–Trinajstić information content (AvgIpc) is 3.03. The summed E-state index contributed by atoms with van der Waals surface area (Å²) in [7, 11) is 0. The Morgan fingerprint density at radius 2 is 1.39 bits per heavy atom. The van der Waals surface area contributed by atoms with Crippen molar-refractivity contribution in [1.29, 1.82) is 0 Å². The third-order valence-corrected chi connectivity index (χ3v) is 4.74. The number of halogens is 1. The van der Waals surface area contributed by atoms with E-state index in [4.69, 9.17) is 4.74 Å². The smallest absolute Gasteiger partial charge is 0.119 e. The second-order valence-corrected chi connectivity index (χ2v) is 6.66. The number of nitrogens with zero attached hydrogens (tertiary/aromatic N) is 1. The van der Waals surface area contributed by atoms with Crippen molar-refractivity contribution in [1.82, 2.24) is 9.88 Å². The van der Waals surface area contributed by atoms with Crippen LogP contribution in [0.3, 0.4) is 0 Å². The molecule has 0 fully saturated rings. The highest BCUT2D eigenvalue weighted by Crippen LogP contribution is 2.28. The molecule has 0 aliphatic rings. The summed E-state index contributed by atoms with van der Waals surface area (Å²) in [6, 6.07) is 26.5. The van der Waals surface area contributed by atoms with Gasteiger partial charge in [-0.25, -0.2) is 0 Å². The third-order valence-electron chi connectivity index (χ3n) is 4.74. The van der Waals surface area contributed by atoms with Gasteiger partial charge in [0.15, 0.2) is 0 Å². The van der Waals surface area contributed by atoms with Crippen LogP contribution in [0.1, 0.15) is 0 Å². The van der Waals surface area contributed by atoms with Gasteiger partial charge in [-0.3, -0.25) is 0 Å². The van der Waals surface area contributed by atoms with Crippen molar-refractivity contribution in [2.75, 3.05) is 19.7 Å². The number of hydrogen-bond acceptors (Lipinski definition) is 3. The topological polar surface area (TPSA) is 46.4 Å². The van der Waals surface area contributed by atoms with E-state index in [1.165, 1.54) is 10.8 Å². The molecule has 0 amide bonds. The zero-order chi connectivity index (χ0) is 18.5. The average molecular weight is 397 g/mol. The van der Waals surface area contributed by atoms with E-state index < -0.39 is 6.10 Å². The van der Waals surface area contributed by atoms with Gasteiger partial charge in [0.25, 0.3) is 0 Å². The van der Waals surface area contributed by atoms with Gasteiger partial charge in [-0.1, -0.05) is 54.6 Å². The van der Waals surface area contributed by atoms with E-state index in [2.05, 4.69) is 46.3 Å². The molecule has 0 aliphatic heterocycles. The number of ether oxygens (including phenoxy) is 1. The van der Waals surface area contributed by atoms with Gasteiger partial charge in [-0.2, -0.15) is 0 Å². The lowest BCUT2D eigenvalue weighted by Crippen LogP contribution is -2.32. The predicted molar refractivity (Wildman–Crippen MR) is 118 cm³/mol. The van der Waals surface area contributed by atoms with E-state index in [0.29, 0.717) is 26.2 Å². The van der Waals surface area contributed by atoms with Crippen molar-refractivity contribution >= 4 is 34.2 Å². The molecule has 0 saturated carbocycles. The van der Waals surface area contributed by atoms with E-state index in [9.17, 15) is 5.11 Å². The highest BCUT2D eigenvalue weighted by Gasteiger charge is 2.12. The Kier molecular flexibility index (Phi) is 6.93. The van der Waals surface area contributed by atoms with Crippen molar-refractivity contribution in [3.8, 4) is 5.75 Å². The number of aromatic nitrogens is 1. The first-order valence-corrected chi connectivity index (χ1v) is 9.35. The molecule has 1 unspecified atom stereocenters. The summed E-state index contributed by atoms with van der Waals surface area (Å²) < 4.78 is 7.87. The van der Waals surface area contributed by atoms with E-state index >= 15 is 0 Å². The molecule has 3 aromatic carbocycles. The van der Waals surface area contributed by atoms with Gasteiger partial charge in [0, 0.05) is 34.9 Å². The standard InChI is InChI=1S/C23H24N2O2.ClH/c26-18(16-24-14-15-27-19-8-2-1-3-9-19)17-25-22-12-6-4-10-20(22)21-11-5-7-13-23(21)25;/h1-13,18,24,26H,14-17H2;1H. The van der Waals surface area contributed by atoms with E-state index in [0.717, 1.165) is 16.8 Å². The number of nitrogens with one attached hydrogen (secondary N) is 1. The highest BCUT2D eigenvalue weighted by atomic mass is 35.5. The lowest BCUT2D eigenvalue weighted by Gasteiger charge is -2.15. The maximum atomic E-state index is 10.5. The first kappa shape index (κ1) is 20.2. The van der Waals surface area contributed by atoms with Crippen molar-refractivity contribution in [3.63, 3.8) is 0 Å². The molecule has 0 aliphatic carbocycles. The Morgan fingerprint density at radius 1 is 0.821 bits per heavy atom. The number of aliphatic hydroxyl groups is 1. The summed E-state index contributed by atoms with van der Waals surface area (Å²) in [6.07, 6.45) is -0.471. The first-order valence-electron chi connectivity index (χ1n) is 9.35. The predicted octanol–water partition coefficient (Wildman–Crippen LogP) is 4.25. The second-order valence-electron chi connectivity index (χ2n) is 6.66. The maximum absolute atomic E-state index is 10.5. The second kappa shape index (κ2) is 9.60. The molecular weight excluding hydrogens is 372 g/mol. The van der Waals surface area contributed by atoms with Crippen LogP contribution in [0.25, 0.3) is 21.8 Å². The molecule has 4 nitrogen and oxygen atoms in total. The molecule has 28 heavy (non-hydrogen) atoms. The molecule has 0 bridgehead atoms. The van der Waals surface area contributed by atoms with Crippen molar-refractivity contribution < 1.29 is 9.84 Å². The van der Waals surface area contributed by atoms with Crippen LogP contribution in [0.5, 0.6) is 5.75 Å². The maximum Gasteiger partial charge on any atom is 0.119 e. The van der Waals surface area contributed by atoms with Gasteiger partial charge in [-0.05, 0) is 24.3 Å². The Morgan fingerprint density at radius 3 is 2.04 bits per heavy atom. The zero-order valence-corrected chi connectivity index (χ0v) is 16.4. The van der Waals surface area contributed by atoms with Crippen LogP contribution in [-0.4, -0.2) is 35.5 Å². The number of para-hydroxylation sites is 3. The molecule has 1 atom stereocenters. The fraction of sp³-hybridized carbons (Fsp3) is 0.217. The van der Waals surface area contributed by atoms with Crippen LogP contribution >= 0.6 is 12.4 Å². The van der Waals surface area contributed by atoms with Gasteiger partial charge < -0.3 is 19.7 Å². The number of benzene rings is 3. The summed E-state index contributed by atoms with van der Waals surface area (Å²) in [4.78, 5) is 0. The van der Waals surface area contributed by atoms with Crippen LogP contribution in [0.4, 0.5) is 0 Å². The largest absolute Gasteiger partial charge is 0.492 e. The molecule has 4 aromatic rings. The number of hydrogen-bond donors (Lipinski definition) is 2. The minimum Gasteiger partial charge on any atom is -0.492 e. The van der Waals surface area contributed by atoms with Crippen LogP contribution < -0.4 is 10.1 Å². The fourth-order valence-corrected chi connectivity index (χ4v) is 3.50. The number of aliphatic hydroxyl groups excluding tert-OH is 1. The highest BCUT2D eigenvalue weighted by molar-refractivity contribution is 6.07. The molecule has 2 N–H and O–H groups in total. The van der Waals surface area contributed by atoms with Crippen LogP contribution in [0, 0.1) is 0 Å². The SMILES string of the molecule is Cl.OC(CNCCOc1ccccc1)Cn1c2ccccc2c2ccccc21. The van der Waals surface area contributed by atoms with Gasteiger partial charge in [0.05, 0.1) is 12.6 Å². The molecule has 0 spiro atoms. The third kappa shape index (κ3) is 4.47. The Bertz CT molecular complexity index is 964. The van der Waals surface area contributed by atoms with Crippen molar-refractivity contribution in [2.24, 2.45) is 0 Å².